The maximum Gasteiger partial charge on any atom is 0.416 e. The lowest BCUT2D eigenvalue weighted by Gasteiger charge is -2.17. The Kier molecular flexibility index (Phi) is 3.67. The average Bonchev–Trinajstić information content (AvgIpc) is 2.18. The second-order valence-electron chi connectivity index (χ2n) is 3.18. The van der Waals surface area contributed by atoms with Crippen LogP contribution in [-0.2, 0) is 6.18 Å². The predicted octanol–water partition coefficient (Wildman–Crippen LogP) is 2.06. The van der Waals surface area contributed by atoms with Crippen molar-refractivity contribution in [2.75, 3.05) is 6.61 Å². The van der Waals surface area contributed by atoms with Gasteiger partial charge in [0.1, 0.15) is 5.75 Å². The summed E-state index contributed by atoms with van der Waals surface area (Å²) in [6.45, 7) is -0.649. The van der Waals surface area contributed by atoms with Crippen LogP contribution in [0.3, 0.4) is 0 Å². The summed E-state index contributed by atoms with van der Waals surface area (Å²) < 4.78 is 37.7. The molecule has 90 valence electrons. The molecule has 3 nitrogen and oxygen atoms in total. The first-order valence-electron chi connectivity index (χ1n) is 4.23. The molecular weight excluding hydrogens is 247 g/mol. The molecule has 1 unspecified atom stereocenters. The summed E-state index contributed by atoms with van der Waals surface area (Å²) in [4.78, 5) is 0. The number of aromatic hydroxyl groups is 1. The van der Waals surface area contributed by atoms with E-state index in [-0.39, 0.29) is 10.6 Å². The number of alkyl halides is 3. The molecule has 4 N–H and O–H groups in total. The van der Waals surface area contributed by atoms with E-state index < -0.39 is 30.1 Å². The van der Waals surface area contributed by atoms with Crippen molar-refractivity contribution in [3.63, 3.8) is 0 Å². The van der Waals surface area contributed by atoms with Crippen molar-refractivity contribution >= 4 is 11.6 Å². The maximum absolute atomic E-state index is 12.6. The third kappa shape index (κ3) is 2.58. The molecule has 0 bridgehead atoms. The number of aliphatic hydroxyl groups is 1. The molecule has 1 aromatic rings. The van der Waals surface area contributed by atoms with Crippen molar-refractivity contribution < 1.29 is 23.4 Å². The fourth-order valence-electron chi connectivity index (χ4n) is 1.23. The molecule has 0 radical (unpaired) electrons. The van der Waals surface area contributed by atoms with E-state index in [1.807, 2.05) is 0 Å². The fourth-order valence-corrected chi connectivity index (χ4v) is 1.40. The molecule has 0 saturated heterocycles. The lowest BCUT2D eigenvalue weighted by Crippen LogP contribution is -2.20. The van der Waals surface area contributed by atoms with Gasteiger partial charge in [0.2, 0.25) is 0 Å². The van der Waals surface area contributed by atoms with Gasteiger partial charge >= 0.3 is 6.18 Å². The highest BCUT2D eigenvalue weighted by molar-refractivity contribution is 6.32. The standard InChI is InChI=1S/C9H9ClF3NO2/c10-6-1-4(7(14)3-15)5(2-8(6)16)9(11,12)13/h1-2,7,15-16H,3,14H2. The van der Waals surface area contributed by atoms with Crippen LogP contribution in [0.5, 0.6) is 5.75 Å². The van der Waals surface area contributed by atoms with E-state index in [2.05, 4.69) is 0 Å². The molecular formula is C9H9ClF3NO2. The maximum atomic E-state index is 12.6. The van der Waals surface area contributed by atoms with E-state index in [1.54, 1.807) is 0 Å². The first-order valence-corrected chi connectivity index (χ1v) is 4.61. The SMILES string of the molecule is NC(CO)c1cc(Cl)c(O)cc1C(F)(F)F. The van der Waals surface area contributed by atoms with Crippen molar-refractivity contribution in [2.45, 2.75) is 12.2 Å². The Morgan fingerprint density at radius 1 is 1.38 bits per heavy atom. The molecule has 0 aromatic heterocycles. The van der Waals surface area contributed by atoms with Crippen molar-refractivity contribution in [2.24, 2.45) is 5.73 Å². The van der Waals surface area contributed by atoms with Crippen LogP contribution in [0.2, 0.25) is 5.02 Å². The fraction of sp³-hybridized carbons (Fsp3) is 0.333. The Labute approximate surface area is 94.3 Å². The number of hydrogen-bond donors (Lipinski definition) is 3. The van der Waals surface area contributed by atoms with Gasteiger partial charge in [0.05, 0.1) is 23.2 Å². The van der Waals surface area contributed by atoms with E-state index in [9.17, 15) is 13.2 Å². The molecule has 0 aliphatic heterocycles. The van der Waals surface area contributed by atoms with Gasteiger partial charge in [-0.25, -0.2) is 0 Å². The summed E-state index contributed by atoms with van der Waals surface area (Å²) in [7, 11) is 0. The summed E-state index contributed by atoms with van der Waals surface area (Å²) in [6.07, 6.45) is -4.66. The van der Waals surface area contributed by atoms with Crippen molar-refractivity contribution in [1.82, 2.24) is 0 Å². The molecule has 16 heavy (non-hydrogen) atoms. The second kappa shape index (κ2) is 4.48. The number of aliphatic hydroxyl groups excluding tert-OH is 1. The topological polar surface area (TPSA) is 66.5 Å². The van der Waals surface area contributed by atoms with Gasteiger partial charge in [-0.3, -0.25) is 0 Å². The Balaban J connectivity index is 3.39. The monoisotopic (exact) mass is 255 g/mol. The van der Waals surface area contributed by atoms with Gasteiger partial charge in [-0.2, -0.15) is 13.2 Å². The van der Waals surface area contributed by atoms with Crippen LogP contribution in [0.25, 0.3) is 0 Å². The molecule has 0 aliphatic rings. The first kappa shape index (κ1) is 13.1. The Hall–Kier alpha value is -0.980. The highest BCUT2D eigenvalue weighted by atomic mass is 35.5. The minimum absolute atomic E-state index is 0.244. The average molecular weight is 256 g/mol. The van der Waals surface area contributed by atoms with Gasteiger partial charge in [0.25, 0.3) is 0 Å². The van der Waals surface area contributed by atoms with Crippen LogP contribution in [0.1, 0.15) is 17.2 Å². The largest absolute Gasteiger partial charge is 0.506 e. The third-order valence-corrected chi connectivity index (χ3v) is 2.32. The molecule has 0 fully saturated rings. The molecule has 7 heteroatoms. The summed E-state index contributed by atoms with van der Waals surface area (Å²) in [5, 5.41) is 17.6. The second-order valence-corrected chi connectivity index (χ2v) is 3.58. The number of hydrogen-bond acceptors (Lipinski definition) is 3. The van der Waals surface area contributed by atoms with Crippen LogP contribution in [0.15, 0.2) is 12.1 Å². The minimum Gasteiger partial charge on any atom is -0.506 e. The minimum atomic E-state index is -4.66. The summed E-state index contributed by atoms with van der Waals surface area (Å²) in [5.74, 6) is -0.678. The van der Waals surface area contributed by atoms with Gasteiger partial charge < -0.3 is 15.9 Å². The molecule has 0 heterocycles. The molecule has 0 aliphatic carbocycles. The van der Waals surface area contributed by atoms with E-state index in [1.165, 1.54) is 0 Å². The molecule has 0 spiro atoms. The highest BCUT2D eigenvalue weighted by Crippen LogP contribution is 2.39. The highest BCUT2D eigenvalue weighted by Gasteiger charge is 2.35. The number of rotatable bonds is 2. The molecule has 1 atom stereocenters. The van der Waals surface area contributed by atoms with Gasteiger partial charge in [-0.05, 0) is 17.7 Å². The zero-order valence-electron chi connectivity index (χ0n) is 7.92. The molecule has 0 amide bonds. The predicted molar refractivity (Wildman–Crippen MR) is 52.1 cm³/mol. The molecule has 1 rings (SSSR count). The molecule has 1 aromatic carbocycles. The van der Waals surface area contributed by atoms with E-state index in [0.717, 1.165) is 6.07 Å². The Morgan fingerprint density at radius 3 is 2.38 bits per heavy atom. The smallest absolute Gasteiger partial charge is 0.416 e. The van der Waals surface area contributed by atoms with Gasteiger partial charge in [0.15, 0.2) is 0 Å². The van der Waals surface area contributed by atoms with Crippen molar-refractivity contribution in [3.05, 3.63) is 28.3 Å². The Bertz CT molecular complexity index is 395. The third-order valence-electron chi connectivity index (χ3n) is 2.02. The molecule has 0 saturated carbocycles. The zero-order valence-corrected chi connectivity index (χ0v) is 8.68. The van der Waals surface area contributed by atoms with Crippen LogP contribution in [0.4, 0.5) is 13.2 Å². The van der Waals surface area contributed by atoms with Crippen LogP contribution in [-0.4, -0.2) is 16.8 Å². The quantitative estimate of drug-likeness (QED) is 0.758. The number of phenols is 1. The summed E-state index contributed by atoms with van der Waals surface area (Å²) >= 11 is 5.48. The lowest BCUT2D eigenvalue weighted by molar-refractivity contribution is -0.138. The first-order chi connectivity index (χ1) is 7.27. The summed E-state index contributed by atoms with van der Waals surface area (Å²) in [5.41, 5.74) is 3.87. The van der Waals surface area contributed by atoms with Crippen molar-refractivity contribution in [1.29, 1.82) is 0 Å². The zero-order chi connectivity index (χ0) is 12.5. The van der Waals surface area contributed by atoms with Crippen LogP contribution in [0, 0.1) is 0 Å². The van der Waals surface area contributed by atoms with E-state index in [4.69, 9.17) is 27.5 Å². The normalized spacial score (nSPS) is 13.9. The lowest BCUT2D eigenvalue weighted by atomic mass is 10.0. The van der Waals surface area contributed by atoms with Gasteiger partial charge in [-0.15, -0.1) is 0 Å². The van der Waals surface area contributed by atoms with Crippen molar-refractivity contribution in [3.8, 4) is 5.75 Å². The number of nitrogens with two attached hydrogens (primary N) is 1. The summed E-state index contributed by atoms with van der Waals surface area (Å²) in [6, 6.07) is 0.197. The number of phenolic OH excluding ortho intramolecular Hbond substituents is 1. The van der Waals surface area contributed by atoms with E-state index >= 15 is 0 Å². The number of benzene rings is 1. The number of halogens is 4. The van der Waals surface area contributed by atoms with Crippen LogP contribution < -0.4 is 5.73 Å². The Morgan fingerprint density at radius 2 is 1.94 bits per heavy atom. The van der Waals surface area contributed by atoms with Gasteiger partial charge in [0, 0.05) is 0 Å². The van der Waals surface area contributed by atoms with E-state index in [0.29, 0.717) is 6.07 Å². The van der Waals surface area contributed by atoms with Gasteiger partial charge in [-0.1, -0.05) is 11.6 Å². The van der Waals surface area contributed by atoms with Crippen LogP contribution >= 0.6 is 11.6 Å².